The van der Waals surface area contributed by atoms with E-state index in [9.17, 15) is 13.2 Å². The van der Waals surface area contributed by atoms with Gasteiger partial charge in [-0.05, 0) is 63.2 Å². The molecule has 0 bridgehead atoms. The third-order valence-electron chi connectivity index (χ3n) is 4.96. The number of carbonyl (C=O) groups is 1. The van der Waals surface area contributed by atoms with E-state index in [4.69, 9.17) is 0 Å². The molecule has 2 aromatic carbocycles. The zero-order valence-corrected chi connectivity index (χ0v) is 20.7. The highest BCUT2D eigenvalue weighted by atomic mass is 79.9. The molecule has 1 heterocycles. The molecule has 3 aromatic rings. The summed E-state index contributed by atoms with van der Waals surface area (Å²) in [4.78, 5) is 12.4. The van der Waals surface area contributed by atoms with Crippen molar-refractivity contribution in [2.75, 3.05) is 17.1 Å². The average molecular weight is 517 g/mol. The molecule has 0 saturated heterocycles. The summed E-state index contributed by atoms with van der Waals surface area (Å²) in [5.41, 5.74) is 7.72. The number of nitrogens with zero attached hydrogens (tertiary/aromatic N) is 3. The largest absolute Gasteiger partial charge is 0.318 e. The summed E-state index contributed by atoms with van der Waals surface area (Å²) in [5.74, 6) is -0.533. The smallest absolute Gasteiger partial charge is 0.260 e. The monoisotopic (exact) mass is 516 g/mol. The van der Waals surface area contributed by atoms with Crippen LogP contribution < -0.4 is 9.73 Å². The molecule has 0 aliphatic heterocycles. The van der Waals surface area contributed by atoms with Gasteiger partial charge in [0, 0.05) is 27.1 Å². The van der Waals surface area contributed by atoms with Crippen LogP contribution in [-0.2, 0) is 14.8 Å². The number of amides is 1. The van der Waals surface area contributed by atoms with E-state index in [2.05, 4.69) is 31.0 Å². The second-order valence-electron chi connectivity index (χ2n) is 7.54. The van der Waals surface area contributed by atoms with Gasteiger partial charge in [-0.15, -0.1) is 0 Å². The molecule has 0 spiro atoms. The van der Waals surface area contributed by atoms with Crippen LogP contribution in [0.5, 0.6) is 0 Å². The Morgan fingerprint density at radius 2 is 1.72 bits per heavy atom. The van der Waals surface area contributed by atoms with Crippen molar-refractivity contribution in [3.8, 4) is 5.69 Å². The highest BCUT2D eigenvalue weighted by Crippen LogP contribution is 2.21. The fourth-order valence-electron chi connectivity index (χ4n) is 3.36. The van der Waals surface area contributed by atoms with Crippen LogP contribution in [0.25, 0.3) is 5.69 Å². The fraction of sp³-hybridized carbons (Fsp3) is 0.217. The van der Waals surface area contributed by atoms with Crippen molar-refractivity contribution >= 4 is 43.8 Å². The number of halogens is 1. The first-order valence-electron chi connectivity index (χ1n) is 9.87. The summed E-state index contributed by atoms with van der Waals surface area (Å²) in [6.45, 7) is 5.51. The molecule has 168 valence electrons. The summed E-state index contributed by atoms with van der Waals surface area (Å²) in [6.07, 6.45) is 2.63. The van der Waals surface area contributed by atoms with E-state index < -0.39 is 15.9 Å². The van der Waals surface area contributed by atoms with E-state index in [1.54, 1.807) is 30.5 Å². The number of rotatable bonds is 7. The van der Waals surface area contributed by atoms with Gasteiger partial charge in [-0.2, -0.15) is 5.10 Å². The van der Waals surface area contributed by atoms with Gasteiger partial charge in [-0.25, -0.2) is 13.8 Å². The predicted octanol–water partition coefficient (Wildman–Crippen LogP) is 4.08. The first-order valence-corrected chi connectivity index (χ1v) is 12.5. The molecule has 0 saturated carbocycles. The minimum Gasteiger partial charge on any atom is -0.318 e. The molecule has 32 heavy (non-hydrogen) atoms. The van der Waals surface area contributed by atoms with Gasteiger partial charge in [0.1, 0.15) is 6.54 Å². The highest BCUT2D eigenvalue weighted by Gasteiger charge is 2.20. The van der Waals surface area contributed by atoms with Crippen molar-refractivity contribution in [3.05, 3.63) is 81.6 Å². The lowest BCUT2D eigenvalue weighted by molar-refractivity contribution is -0.119. The Morgan fingerprint density at radius 1 is 1.09 bits per heavy atom. The fourth-order valence-corrected chi connectivity index (χ4v) is 4.48. The number of hydrogen-bond acceptors (Lipinski definition) is 4. The van der Waals surface area contributed by atoms with Gasteiger partial charge < -0.3 is 4.57 Å². The highest BCUT2D eigenvalue weighted by molar-refractivity contribution is 9.10. The lowest BCUT2D eigenvalue weighted by atomic mass is 10.2. The number of carbonyl (C=O) groups excluding carboxylic acids is 1. The van der Waals surface area contributed by atoms with E-state index in [1.807, 2.05) is 51.1 Å². The van der Waals surface area contributed by atoms with Crippen molar-refractivity contribution in [3.63, 3.8) is 0 Å². The Bertz CT molecular complexity index is 1250. The number of sulfonamides is 1. The van der Waals surface area contributed by atoms with Gasteiger partial charge in [0.05, 0.1) is 18.2 Å². The third-order valence-corrected chi connectivity index (χ3v) is 6.63. The Labute approximate surface area is 196 Å². The molecule has 0 unspecified atom stereocenters. The van der Waals surface area contributed by atoms with Gasteiger partial charge in [-0.1, -0.05) is 33.6 Å². The minimum atomic E-state index is -3.63. The number of aryl methyl sites for hydroxylation is 2. The summed E-state index contributed by atoms with van der Waals surface area (Å²) in [6, 6.07) is 16.9. The van der Waals surface area contributed by atoms with Crippen LogP contribution in [0.3, 0.4) is 0 Å². The van der Waals surface area contributed by atoms with Gasteiger partial charge in [0.15, 0.2) is 0 Å². The molecule has 0 atom stereocenters. The van der Waals surface area contributed by atoms with Crippen LogP contribution in [-0.4, -0.2) is 37.9 Å². The molecular formula is C23H25BrN4O3S. The molecule has 3 rings (SSSR count). The standard InChI is InChI=1S/C23H25BrN4O3S/c1-16-5-9-21(10-6-16)27(32(4,30)31)15-23(29)26-25-14-19-13-17(2)28(18(19)3)22-11-7-20(24)8-12-22/h5-14H,15H2,1-4H3,(H,26,29)/b25-14+. The lowest BCUT2D eigenvalue weighted by Gasteiger charge is -2.21. The molecule has 0 radical (unpaired) electrons. The van der Waals surface area contributed by atoms with E-state index in [0.717, 1.165) is 43.2 Å². The van der Waals surface area contributed by atoms with Crippen LogP contribution in [0.2, 0.25) is 0 Å². The Balaban J connectivity index is 1.73. The maximum atomic E-state index is 12.4. The average Bonchev–Trinajstić information content (AvgIpc) is 3.00. The van der Waals surface area contributed by atoms with Crippen molar-refractivity contribution in [1.29, 1.82) is 0 Å². The zero-order valence-electron chi connectivity index (χ0n) is 18.3. The van der Waals surface area contributed by atoms with Crippen molar-refractivity contribution in [1.82, 2.24) is 9.99 Å². The second kappa shape index (κ2) is 9.70. The molecular weight excluding hydrogens is 492 g/mol. The Morgan fingerprint density at radius 3 is 2.31 bits per heavy atom. The van der Waals surface area contributed by atoms with Gasteiger partial charge in [0.25, 0.3) is 5.91 Å². The SMILES string of the molecule is Cc1ccc(N(CC(=O)N/N=C/c2cc(C)n(-c3ccc(Br)cc3)c2C)S(C)(=O)=O)cc1. The maximum Gasteiger partial charge on any atom is 0.260 e. The van der Waals surface area contributed by atoms with Crippen LogP contribution >= 0.6 is 15.9 Å². The second-order valence-corrected chi connectivity index (χ2v) is 10.4. The first kappa shape index (κ1) is 23.7. The molecule has 0 aliphatic carbocycles. The lowest BCUT2D eigenvalue weighted by Crippen LogP contribution is -2.39. The van der Waals surface area contributed by atoms with E-state index >= 15 is 0 Å². The maximum absolute atomic E-state index is 12.4. The number of aromatic nitrogens is 1. The number of hydrogen-bond donors (Lipinski definition) is 1. The molecule has 0 aliphatic rings. The van der Waals surface area contributed by atoms with Gasteiger partial charge in [0.2, 0.25) is 10.0 Å². The van der Waals surface area contributed by atoms with Gasteiger partial charge in [-0.3, -0.25) is 9.10 Å². The number of benzene rings is 2. The topological polar surface area (TPSA) is 83.8 Å². The summed E-state index contributed by atoms with van der Waals surface area (Å²) >= 11 is 3.44. The van der Waals surface area contributed by atoms with Crippen LogP contribution in [0, 0.1) is 20.8 Å². The molecule has 1 aromatic heterocycles. The molecule has 0 fully saturated rings. The van der Waals surface area contributed by atoms with Crippen LogP contribution in [0.1, 0.15) is 22.5 Å². The quantitative estimate of drug-likeness (QED) is 0.379. The molecule has 1 amide bonds. The predicted molar refractivity (Wildman–Crippen MR) is 132 cm³/mol. The van der Waals surface area contributed by atoms with Crippen LogP contribution in [0.4, 0.5) is 5.69 Å². The summed E-state index contributed by atoms with van der Waals surface area (Å²) in [5, 5.41) is 4.04. The number of hydrazone groups is 1. The number of nitrogens with one attached hydrogen (secondary N) is 1. The Kier molecular flexibility index (Phi) is 7.20. The Hall–Kier alpha value is -2.91. The summed E-state index contributed by atoms with van der Waals surface area (Å²) < 4.78 is 28.5. The van der Waals surface area contributed by atoms with E-state index in [1.165, 1.54) is 0 Å². The minimum absolute atomic E-state index is 0.364. The van der Waals surface area contributed by atoms with E-state index in [0.29, 0.717) is 5.69 Å². The zero-order chi connectivity index (χ0) is 23.5. The van der Waals surface area contributed by atoms with Gasteiger partial charge >= 0.3 is 0 Å². The van der Waals surface area contributed by atoms with E-state index in [-0.39, 0.29) is 6.54 Å². The molecule has 9 heteroatoms. The van der Waals surface area contributed by atoms with Crippen molar-refractivity contribution < 1.29 is 13.2 Å². The van der Waals surface area contributed by atoms with Crippen molar-refractivity contribution in [2.24, 2.45) is 5.10 Å². The normalized spacial score (nSPS) is 11.7. The third kappa shape index (κ3) is 5.66. The summed E-state index contributed by atoms with van der Waals surface area (Å²) in [7, 11) is -3.63. The van der Waals surface area contributed by atoms with Crippen molar-refractivity contribution in [2.45, 2.75) is 20.8 Å². The molecule has 1 N–H and O–H groups in total. The van der Waals surface area contributed by atoms with Crippen LogP contribution in [0.15, 0.2) is 64.2 Å². The number of anilines is 1. The molecule has 7 nitrogen and oxygen atoms in total. The first-order chi connectivity index (χ1) is 15.1.